The lowest BCUT2D eigenvalue weighted by Crippen LogP contribution is -2.47. The van der Waals surface area contributed by atoms with Gasteiger partial charge in [-0.05, 0) is 19.8 Å². The van der Waals surface area contributed by atoms with E-state index >= 15 is 0 Å². The molecule has 98 valence electrons. The number of hydrogen-bond donors (Lipinski definition) is 1. The van der Waals surface area contributed by atoms with E-state index in [-0.39, 0.29) is 18.6 Å². The second-order valence-electron chi connectivity index (χ2n) is 3.92. The number of ether oxygens (including phenoxy) is 2. The molecule has 6 nitrogen and oxygen atoms in total. The van der Waals surface area contributed by atoms with Gasteiger partial charge in [0.2, 0.25) is 0 Å². The van der Waals surface area contributed by atoms with Gasteiger partial charge in [0.25, 0.3) is 0 Å². The van der Waals surface area contributed by atoms with Crippen molar-refractivity contribution in [3.8, 4) is 0 Å². The van der Waals surface area contributed by atoms with Gasteiger partial charge < -0.3 is 19.7 Å². The lowest BCUT2D eigenvalue weighted by Gasteiger charge is -2.31. The number of nitrogens with zero attached hydrogens (tertiary/aromatic N) is 1. The topological polar surface area (TPSA) is 67.9 Å². The van der Waals surface area contributed by atoms with Crippen LogP contribution in [-0.4, -0.2) is 56.4 Å². The predicted molar refractivity (Wildman–Crippen MR) is 61.6 cm³/mol. The van der Waals surface area contributed by atoms with Gasteiger partial charge in [0.05, 0.1) is 6.61 Å². The van der Waals surface area contributed by atoms with Crippen molar-refractivity contribution in [2.45, 2.75) is 25.8 Å². The van der Waals surface area contributed by atoms with Gasteiger partial charge in [-0.3, -0.25) is 4.79 Å². The summed E-state index contributed by atoms with van der Waals surface area (Å²) in [5.74, 6) is -0.416. The molecule has 0 bridgehead atoms. The Balaban J connectivity index is 2.28. The molecule has 1 saturated heterocycles. The van der Waals surface area contributed by atoms with Crippen molar-refractivity contribution in [2.24, 2.45) is 0 Å². The first-order valence-corrected chi connectivity index (χ1v) is 5.89. The number of urea groups is 1. The number of hydrogen-bond acceptors (Lipinski definition) is 4. The summed E-state index contributed by atoms with van der Waals surface area (Å²) in [6.07, 6.45) is 1.67. The van der Waals surface area contributed by atoms with Crippen LogP contribution < -0.4 is 5.32 Å². The van der Waals surface area contributed by atoms with Crippen LogP contribution in [0.15, 0.2) is 0 Å². The van der Waals surface area contributed by atoms with Crippen LogP contribution in [-0.2, 0) is 14.3 Å². The van der Waals surface area contributed by atoms with Crippen LogP contribution in [0.4, 0.5) is 4.79 Å². The lowest BCUT2D eigenvalue weighted by atomic mass is 10.1. The summed E-state index contributed by atoms with van der Waals surface area (Å²) in [5, 5.41) is 2.54. The molecule has 0 atom stereocenters. The molecule has 2 amide bonds. The molecule has 1 N–H and O–H groups in total. The number of carbonyl (C=O) groups is 2. The number of carbonyl (C=O) groups excluding carboxylic acids is 2. The zero-order chi connectivity index (χ0) is 12.7. The van der Waals surface area contributed by atoms with Gasteiger partial charge in [-0.2, -0.15) is 0 Å². The molecule has 0 radical (unpaired) electrons. The minimum Gasteiger partial charge on any atom is -0.465 e. The van der Waals surface area contributed by atoms with Crippen molar-refractivity contribution in [1.82, 2.24) is 10.2 Å². The molecule has 1 aliphatic rings. The van der Waals surface area contributed by atoms with E-state index in [9.17, 15) is 9.59 Å². The maximum atomic E-state index is 11.7. The summed E-state index contributed by atoms with van der Waals surface area (Å²) >= 11 is 0. The van der Waals surface area contributed by atoms with Gasteiger partial charge in [0.1, 0.15) is 6.54 Å². The monoisotopic (exact) mass is 244 g/mol. The summed E-state index contributed by atoms with van der Waals surface area (Å²) in [6.45, 7) is 3.33. The summed E-state index contributed by atoms with van der Waals surface area (Å²) < 4.78 is 9.95. The Hall–Kier alpha value is -1.30. The van der Waals surface area contributed by atoms with Gasteiger partial charge in [-0.1, -0.05) is 0 Å². The van der Waals surface area contributed by atoms with E-state index in [0.29, 0.717) is 19.8 Å². The third kappa shape index (κ3) is 4.60. The van der Waals surface area contributed by atoms with E-state index in [1.807, 2.05) is 0 Å². The highest BCUT2D eigenvalue weighted by atomic mass is 16.5. The largest absolute Gasteiger partial charge is 0.465 e. The SMILES string of the molecule is CCOC(=O)CNC(=O)N(C)C1CCOCC1. The fourth-order valence-electron chi connectivity index (χ4n) is 1.72. The van der Waals surface area contributed by atoms with Crippen molar-refractivity contribution in [3.63, 3.8) is 0 Å². The average Bonchev–Trinajstić information content (AvgIpc) is 2.36. The fourth-order valence-corrected chi connectivity index (χ4v) is 1.72. The first kappa shape index (κ1) is 13.8. The predicted octanol–water partition coefficient (Wildman–Crippen LogP) is 0.370. The number of amides is 2. The molecule has 0 aliphatic carbocycles. The van der Waals surface area contributed by atoms with Gasteiger partial charge in [0.15, 0.2) is 0 Å². The zero-order valence-corrected chi connectivity index (χ0v) is 10.4. The van der Waals surface area contributed by atoms with Gasteiger partial charge in [-0.25, -0.2) is 4.79 Å². The van der Waals surface area contributed by atoms with E-state index in [2.05, 4.69) is 5.32 Å². The minimum absolute atomic E-state index is 0.0831. The molecule has 6 heteroatoms. The second kappa shape index (κ2) is 7.11. The van der Waals surface area contributed by atoms with Crippen LogP contribution in [0.1, 0.15) is 19.8 Å². The third-order valence-electron chi connectivity index (χ3n) is 2.75. The normalized spacial score (nSPS) is 16.4. The van der Waals surface area contributed by atoms with E-state index < -0.39 is 5.97 Å². The zero-order valence-electron chi connectivity index (χ0n) is 10.4. The quantitative estimate of drug-likeness (QED) is 0.725. The molecule has 0 aromatic heterocycles. The molecular formula is C11H20N2O4. The van der Waals surface area contributed by atoms with Gasteiger partial charge in [-0.15, -0.1) is 0 Å². The molecule has 0 spiro atoms. The summed E-state index contributed by atoms with van der Waals surface area (Å²) in [5.41, 5.74) is 0. The Morgan fingerprint density at radius 3 is 2.65 bits per heavy atom. The van der Waals surface area contributed by atoms with Crippen molar-refractivity contribution in [1.29, 1.82) is 0 Å². The van der Waals surface area contributed by atoms with Gasteiger partial charge >= 0.3 is 12.0 Å². The Labute approximate surface area is 101 Å². The van der Waals surface area contributed by atoms with Gasteiger partial charge in [0, 0.05) is 26.3 Å². The van der Waals surface area contributed by atoms with Crippen LogP contribution in [0, 0.1) is 0 Å². The average molecular weight is 244 g/mol. The Kier molecular flexibility index (Phi) is 5.76. The molecule has 0 saturated carbocycles. The molecule has 1 rings (SSSR count). The minimum atomic E-state index is -0.416. The van der Waals surface area contributed by atoms with Crippen molar-refractivity contribution < 1.29 is 19.1 Å². The van der Waals surface area contributed by atoms with Crippen LogP contribution in [0.3, 0.4) is 0 Å². The Bertz CT molecular complexity index is 264. The van der Waals surface area contributed by atoms with Crippen molar-refractivity contribution in [3.05, 3.63) is 0 Å². The van der Waals surface area contributed by atoms with E-state index in [4.69, 9.17) is 9.47 Å². The molecule has 1 fully saturated rings. The molecule has 17 heavy (non-hydrogen) atoms. The summed E-state index contributed by atoms with van der Waals surface area (Å²) in [4.78, 5) is 24.4. The maximum absolute atomic E-state index is 11.7. The van der Waals surface area contributed by atoms with E-state index in [0.717, 1.165) is 12.8 Å². The van der Waals surface area contributed by atoms with Crippen molar-refractivity contribution in [2.75, 3.05) is 33.4 Å². The number of nitrogens with one attached hydrogen (secondary N) is 1. The molecular weight excluding hydrogens is 224 g/mol. The van der Waals surface area contributed by atoms with E-state index in [1.54, 1.807) is 18.9 Å². The third-order valence-corrected chi connectivity index (χ3v) is 2.75. The summed E-state index contributed by atoms with van der Waals surface area (Å²) in [6, 6.07) is -0.0594. The number of rotatable bonds is 4. The second-order valence-corrected chi connectivity index (χ2v) is 3.92. The Morgan fingerprint density at radius 2 is 2.06 bits per heavy atom. The highest BCUT2D eigenvalue weighted by molar-refractivity contribution is 5.80. The first-order valence-electron chi connectivity index (χ1n) is 5.89. The molecule has 1 heterocycles. The van der Waals surface area contributed by atoms with Crippen LogP contribution in [0.5, 0.6) is 0 Å². The first-order chi connectivity index (χ1) is 8.15. The molecule has 1 aliphatic heterocycles. The van der Waals surface area contributed by atoms with Crippen LogP contribution in [0.25, 0.3) is 0 Å². The molecule has 0 aromatic carbocycles. The molecule has 0 aromatic rings. The maximum Gasteiger partial charge on any atom is 0.325 e. The highest BCUT2D eigenvalue weighted by Crippen LogP contribution is 2.12. The number of esters is 1. The highest BCUT2D eigenvalue weighted by Gasteiger charge is 2.22. The van der Waals surface area contributed by atoms with Crippen LogP contribution in [0.2, 0.25) is 0 Å². The Morgan fingerprint density at radius 1 is 1.41 bits per heavy atom. The van der Waals surface area contributed by atoms with Crippen LogP contribution >= 0.6 is 0 Å². The summed E-state index contributed by atoms with van der Waals surface area (Å²) in [7, 11) is 1.73. The molecule has 0 unspecified atom stereocenters. The van der Waals surface area contributed by atoms with Crippen molar-refractivity contribution >= 4 is 12.0 Å². The standard InChI is InChI=1S/C11H20N2O4/c1-3-17-10(14)8-12-11(15)13(2)9-4-6-16-7-5-9/h9H,3-8H2,1-2H3,(H,12,15). The fraction of sp³-hybridized carbons (Fsp3) is 0.818. The lowest BCUT2D eigenvalue weighted by molar-refractivity contribution is -0.141. The smallest absolute Gasteiger partial charge is 0.325 e. The van der Waals surface area contributed by atoms with E-state index in [1.165, 1.54) is 0 Å².